The molecule has 3 aromatic rings. The van der Waals surface area contributed by atoms with E-state index < -0.39 is 11.5 Å². The number of esters is 1. The predicted octanol–water partition coefficient (Wildman–Crippen LogP) is 2.92. The fraction of sp³-hybridized carbons (Fsp3) is 0.407. The molecule has 1 aliphatic heterocycles. The molecule has 218 valence electrons. The number of hydrogen-bond donors (Lipinski definition) is 1. The highest BCUT2D eigenvalue weighted by Crippen LogP contribution is 2.43. The van der Waals surface area contributed by atoms with Crippen LogP contribution in [0.15, 0.2) is 33.5 Å². The van der Waals surface area contributed by atoms with Gasteiger partial charge in [-0.3, -0.25) is 9.69 Å². The average molecular weight is 643 g/mol. The van der Waals surface area contributed by atoms with Gasteiger partial charge in [-0.15, -0.1) is 12.4 Å². The molecule has 0 bridgehead atoms. The number of fused-ring (bicyclic) bond motifs is 1. The predicted molar refractivity (Wildman–Crippen MR) is 158 cm³/mol. The van der Waals surface area contributed by atoms with Gasteiger partial charge in [0, 0.05) is 43.7 Å². The second-order valence-electron chi connectivity index (χ2n) is 8.80. The summed E-state index contributed by atoms with van der Waals surface area (Å²) in [5, 5.41) is 12.0. The van der Waals surface area contributed by atoms with Gasteiger partial charge in [-0.1, -0.05) is 0 Å². The second kappa shape index (κ2) is 13.4. The van der Waals surface area contributed by atoms with E-state index in [1.807, 2.05) is 5.01 Å². The van der Waals surface area contributed by atoms with Crippen molar-refractivity contribution < 1.29 is 33.6 Å². The number of aliphatic hydroxyl groups excluding tert-OH is 1. The van der Waals surface area contributed by atoms with Crippen LogP contribution in [0.1, 0.15) is 10.5 Å². The van der Waals surface area contributed by atoms with Gasteiger partial charge in [-0.2, -0.15) is 0 Å². The maximum absolute atomic E-state index is 14.1. The van der Waals surface area contributed by atoms with E-state index in [2.05, 4.69) is 20.8 Å². The Bertz CT molecular complexity index is 1440. The van der Waals surface area contributed by atoms with Gasteiger partial charge in [0.2, 0.25) is 0 Å². The number of rotatable bonds is 9. The van der Waals surface area contributed by atoms with Gasteiger partial charge in [-0.05, 0) is 45.8 Å². The summed E-state index contributed by atoms with van der Waals surface area (Å²) in [6.45, 7) is 2.70. The summed E-state index contributed by atoms with van der Waals surface area (Å²) in [6.07, 6.45) is 0. The third kappa shape index (κ3) is 5.67. The van der Waals surface area contributed by atoms with Crippen molar-refractivity contribution in [3.63, 3.8) is 0 Å². The number of β-amino-alcohol motifs (C(OH)–C–C–N with tert-alkyl or cyclic N) is 1. The van der Waals surface area contributed by atoms with E-state index in [4.69, 9.17) is 23.7 Å². The topological polar surface area (TPSA) is 112 Å². The van der Waals surface area contributed by atoms with Gasteiger partial charge in [0.1, 0.15) is 0 Å². The Morgan fingerprint density at radius 2 is 1.48 bits per heavy atom. The van der Waals surface area contributed by atoms with Gasteiger partial charge in [0.25, 0.3) is 5.56 Å². The Labute approximate surface area is 246 Å². The fourth-order valence-electron chi connectivity index (χ4n) is 4.92. The van der Waals surface area contributed by atoms with Gasteiger partial charge in [0.05, 0.1) is 52.0 Å². The van der Waals surface area contributed by atoms with E-state index in [-0.39, 0.29) is 24.7 Å². The summed E-state index contributed by atoms with van der Waals surface area (Å²) < 4.78 is 29.4. The number of carbonyl (C=O) groups excluding carboxylic acids is 1. The van der Waals surface area contributed by atoms with E-state index in [0.29, 0.717) is 82.1 Å². The summed E-state index contributed by atoms with van der Waals surface area (Å²) in [4.78, 5) is 29.7. The second-order valence-corrected chi connectivity index (χ2v) is 9.65. The van der Waals surface area contributed by atoms with Crippen LogP contribution in [0.25, 0.3) is 21.9 Å². The number of ether oxygens (including phenoxy) is 5. The number of hydrogen-bond acceptors (Lipinski definition) is 10. The summed E-state index contributed by atoms with van der Waals surface area (Å²) in [7, 11) is 7.34. The van der Waals surface area contributed by atoms with Crippen LogP contribution >= 0.6 is 28.3 Å². The molecule has 2 heterocycles. The minimum absolute atomic E-state index is 0. The molecule has 0 amide bonds. The zero-order chi connectivity index (χ0) is 28.3. The van der Waals surface area contributed by atoms with Crippen LogP contribution in [0, 0.1) is 0 Å². The lowest BCUT2D eigenvalue weighted by molar-refractivity contribution is 0.0586. The van der Waals surface area contributed by atoms with Crippen molar-refractivity contribution in [1.82, 2.24) is 9.58 Å². The van der Waals surface area contributed by atoms with Gasteiger partial charge >= 0.3 is 5.97 Å². The zero-order valence-corrected chi connectivity index (χ0v) is 25.4. The first-order valence-corrected chi connectivity index (χ1v) is 13.1. The molecule has 13 heteroatoms. The van der Waals surface area contributed by atoms with Crippen molar-refractivity contribution in [1.29, 1.82) is 0 Å². The molecule has 1 saturated heterocycles. The number of methoxy groups -OCH3 is 5. The van der Waals surface area contributed by atoms with Crippen LogP contribution in [0.4, 0.5) is 0 Å². The summed E-state index contributed by atoms with van der Waals surface area (Å²) in [6, 6.07) is 6.85. The summed E-state index contributed by atoms with van der Waals surface area (Å²) >= 11 is 3.55. The third-order valence-corrected chi connectivity index (χ3v) is 7.40. The zero-order valence-electron chi connectivity index (χ0n) is 23.0. The van der Waals surface area contributed by atoms with Crippen molar-refractivity contribution in [2.45, 2.75) is 0 Å². The minimum Gasteiger partial charge on any atom is -0.493 e. The first-order valence-electron chi connectivity index (χ1n) is 12.3. The normalized spacial score (nSPS) is 13.5. The highest BCUT2D eigenvalue weighted by molar-refractivity contribution is 9.10. The molecule has 0 unspecified atom stereocenters. The smallest absolute Gasteiger partial charge is 0.357 e. The third-order valence-electron chi connectivity index (χ3n) is 6.81. The number of aromatic nitrogens is 1. The average Bonchev–Trinajstić information content (AvgIpc) is 2.96. The van der Waals surface area contributed by atoms with Crippen molar-refractivity contribution in [3.05, 3.63) is 44.8 Å². The Morgan fingerprint density at radius 3 is 2.00 bits per heavy atom. The molecule has 0 saturated carbocycles. The van der Waals surface area contributed by atoms with Gasteiger partial charge < -0.3 is 33.8 Å². The highest BCUT2D eigenvalue weighted by atomic mass is 79.9. The summed E-state index contributed by atoms with van der Waals surface area (Å²) in [5.41, 5.74) is 0.712. The van der Waals surface area contributed by atoms with Crippen molar-refractivity contribution in [2.75, 3.05) is 79.9 Å². The van der Waals surface area contributed by atoms with Crippen LogP contribution in [0.2, 0.25) is 0 Å². The Kier molecular flexibility index (Phi) is 10.5. The standard InChI is InChI=1S/C27H32BrN3O8.ClH/c1-35-20-14-17-18(15-21(20)36-2)26(33)31(30-8-6-29(7-9-30)10-11-32)24(27(34)39-5)23(17)16-12-19(28)25(38-4)22(13-16)37-3;/h12-15,32H,6-11H2,1-5H3;1H. The first kappa shape index (κ1) is 31.3. The molecule has 1 aromatic heterocycles. The molecule has 1 fully saturated rings. The molecule has 11 nitrogen and oxygen atoms in total. The molecular weight excluding hydrogens is 610 g/mol. The summed E-state index contributed by atoms with van der Waals surface area (Å²) in [5.74, 6) is 1.02. The number of halogens is 2. The van der Waals surface area contributed by atoms with Crippen LogP contribution in [0.5, 0.6) is 23.0 Å². The van der Waals surface area contributed by atoms with E-state index in [0.717, 1.165) is 0 Å². The highest BCUT2D eigenvalue weighted by Gasteiger charge is 2.30. The molecule has 0 atom stereocenters. The number of carbonyl (C=O) groups is 1. The van der Waals surface area contributed by atoms with Crippen molar-refractivity contribution in [3.8, 4) is 34.1 Å². The first-order chi connectivity index (χ1) is 18.8. The molecule has 0 aliphatic carbocycles. The number of pyridine rings is 1. The molecule has 1 aliphatic rings. The van der Waals surface area contributed by atoms with Crippen LogP contribution in [0.3, 0.4) is 0 Å². The van der Waals surface area contributed by atoms with Gasteiger partial charge in [-0.25, -0.2) is 9.47 Å². The molecule has 0 radical (unpaired) electrons. The lowest BCUT2D eigenvalue weighted by atomic mass is 9.96. The largest absolute Gasteiger partial charge is 0.493 e. The van der Waals surface area contributed by atoms with Crippen LogP contribution < -0.4 is 29.5 Å². The van der Waals surface area contributed by atoms with E-state index in [1.165, 1.54) is 40.2 Å². The number of piperazine rings is 1. The van der Waals surface area contributed by atoms with Crippen molar-refractivity contribution in [2.24, 2.45) is 0 Å². The maximum Gasteiger partial charge on any atom is 0.357 e. The monoisotopic (exact) mass is 641 g/mol. The van der Waals surface area contributed by atoms with Crippen LogP contribution in [-0.2, 0) is 4.74 Å². The number of nitrogens with zero attached hydrogens (tertiary/aromatic N) is 3. The minimum atomic E-state index is -0.678. The quantitative estimate of drug-likeness (QED) is 0.350. The molecule has 4 rings (SSSR count). The molecule has 0 spiro atoms. The molecule has 2 aromatic carbocycles. The Morgan fingerprint density at radius 1 is 0.875 bits per heavy atom. The lowest BCUT2D eigenvalue weighted by Gasteiger charge is -2.37. The lowest BCUT2D eigenvalue weighted by Crippen LogP contribution is -2.55. The molecular formula is C27H33BrClN3O8. The van der Waals surface area contributed by atoms with Gasteiger partial charge in [0.15, 0.2) is 28.7 Å². The number of benzene rings is 2. The van der Waals surface area contributed by atoms with Crippen LogP contribution in [-0.4, -0.2) is 95.5 Å². The van der Waals surface area contributed by atoms with E-state index >= 15 is 0 Å². The number of aliphatic hydroxyl groups is 1. The Balaban J connectivity index is 0.00000441. The molecule has 1 N–H and O–H groups in total. The van der Waals surface area contributed by atoms with Crippen molar-refractivity contribution >= 4 is 45.1 Å². The fourth-order valence-corrected chi connectivity index (χ4v) is 5.53. The molecule has 40 heavy (non-hydrogen) atoms. The maximum atomic E-state index is 14.1. The van der Waals surface area contributed by atoms with E-state index in [9.17, 15) is 14.7 Å². The Hall–Kier alpha value is -3.19. The SMILES string of the molecule is COC(=O)c1c(-c2cc(Br)c(OC)c(OC)c2)c2cc(OC)c(OC)cc2c(=O)n1N1CCN(CCO)CC1.Cl. The van der Waals surface area contributed by atoms with E-state index in [1.54, 1.807) is 24.3 Å².